The topological polar surface area (TPSA) is 77.0 Å². The van der Waals surface area contributed by atoms with Gasteiger partial charge < -0.3 is 19.3 Å². The van der Waals surface area contributed by atoms with Crippen molar-refractivity contribution in [1.82, 2.24) is 5.32 Å². The molecular weight excluding hydrogens is 346 g/mol. The second kappa shape index (κ2) is 8.00. The summed E-state index contributed by atoms with van der Waals surface area (Å²) in [6.45, 7) is 5.97. The molecule has 1 unspecified atom stereocenters. The van der Waals surface area contributed by atoms with Gasteiger partial charge in [0.1, 0.15) is 12.0 Å². The van der Waals surface area contributed by atoms with Crippen molar-refractivity contribution in [3.8, 4) is 0 Å². The first-order valence-electron chi connectivity index (χ1n) is 9.55. The number of aliphatic hydroxyl groups excluding tert-OH is 1. The van der Waals surface area contributed by atoms with Crippen LogP contribution in [-0.2, 0) is 14.2 Å². The molecule has 1 aliphatic heterocycles. The molecule has 1 atom stereocenters. The van der Waals surface area contributed by atoms with E-state index in [1.54, 1.807) is 14.0 Å². The number of benzene rings is 1. The molecule has 148 valence electrons. The molecule has 2 N–H and O–H groups in total. The van der Waals surface area contributed by atoms with Gasteiger partial charge in [-0.15, -0.1) is 0 Å². The van der Waals surface area contributed by atoms with Crippen LogP contribution in [0.5, 0.6) is 0 Å². The van der Waals surface area contributed by atoms with Gasteiger partial charge >= 0.3 is 6.16 Å². The van der Waals surface area contributed by atoms with Gasteiger partial charge in [0.15, 0.2) is 0 Å². The minimum absolute atomic E-state index is 0.183. The Balaban J connectivity index is 2.07. The van der Waals surface area contributed by atoms with Crippen molar-refractivity contribution in [2.45, 2.75) is 64.3 Å². The van der Waals surface area contributed by atoms with Crippen LogP contribution in [0.1, 0.15) is 49.3 Å². The Bertz CT molecular complexity index is 734. The molecule has 6 heteroatoms. The van der Waals surface area contributed by atoms with Crippen LogP contribution in [0.2, 0.25) is 0 Å². The summed E-state index contributed by atoms with van der Waals surface area (Å²) in [5.74, 6) is 0.483. The standard InChI is InChI=1S/C21H29NO5/c1-5-26-20(24)27-18-17(16-12-13(2)6-7-14(16)3)19(23)22-21(18)10-8-15(25-4)9-11-21/h6-7,12,15,19,22-23H,5,8-11H2,1-4H3. The third-order valence-corrected chi connectivity index (χ3v) is 5.62. The number of methoxy groups -OCH3 is 1. The van der Waals surface area contributed by atoms with Crippen molar-refractivity contribution in [2.24, 2.45) is 0 Å². The third-order valence-electron chi connectivity index (χ3n) is 5.62. The van der Waals surface area contributed by atoms with Crippen LogP contribution >= 0.6 is 0 Å². The molecule has 1 aromatic rings. The average molecular weight is 375 g/mol. The van der Waals surface area contributed by atoms with Gasteiger partial charge in [0.2, 0.25) is 0 Å². The van der Waals surface area contributed by atoms with E-state index in [1.807, 2.05) is 32.0 Å². The van der Waals surface area contributed by atoms with E-state index in [0.29, 0.717) is 24.2 Å². The summed E-state index contributed by atoms with van der Waals surface area (Å²) in [7, 11) is 1.72. The number of hydrogen-bond acceptors (Lipinski definition) is 6. The maximum Gasteiger partial charge on any atom is 0.513 e. The molecule has 0 radical (unpaired) electrons. The highest BCUT2D eigenvalue weighted by Gasteiger charge is 2.50. The number of rotatable bonds is 4. The van der Waals surface area contributed by atoms with Gasteiger partial charge in [-0.05, 0) is 57.6 Å². The Morgan fingerprint density at radius 3 is 2.63 bits per heavy atom. The first-order valence-corrected chi connectivity index (χ1v) is 9.55. The zero-order chi connectivity index (χ0) is 19.6. The summed E-state index contributed by atoms with van der Waals surface area (Å²) in [4.78, 5) is 12.2. The molecule has 6 nitrogen and oxygen atoms in total. The summed E-state index contributed by atoms with van der Waals surface area (Å²) in [6, 6.07) is 6.06. The number of nitrogens with one attached hydrogen (secondary N) is 1. The van der Waals surface area contributed by atoms with Gasteiger partial charge in [0.25, 0.3) is 0 Å². The second-order valence-electron chi connectivity index (χ2n) is 7.41. The molecular formula is C21H29NO5. The number of hydrogen-bond donors (Lipinski definition) is 2. The van der Waals surface area contributed by atoms with E-state index in [-0.39, 0.29) is 12.7 Å². The lowest BCUT2D eigenvalue weighted by Gasteiger charge is -2.38. The van der Waals surface area contributed by atoms with Crippen LogP contribution in [-0.4, -0.2) is 42.8 Å². The van der Waals surface area contributed by atoms with Crippen LogP contribution in [0.25, 0.3) is 5.57 Å². The lowest BCUT2D eigenvalue weighted by molar-refractivity contribution is 0.0237. The van der Waals surface area contributed by atoms with Crippen LogP contribution in [0.15, 0.2) is 24.0 Å². The van der Waals surface area contributed by atoms with E-state index in [9.17, 15) is 9.90 Å². The summed E-state index contributed by atoms with van der Waals surface area (Å²) >= 11 is 0. The molecule has 1 aliphatic carbocycles. The van der Waals surface area contributed by atoms with Gasteiger partial charge in [-0.25, -0.2) is 4.79 Å². The number of carbonyl (C=O) groups is 1. The molecule has 1 aromatic carbocycles. The third kappa shape index (κ3) is 3.88. The predicted molar refractivity (Wildman–Crippen MR) is 102 cm³/mol. The fourth-order valence-electron chi connectivity index (χ4n) is 4.15. The van der Waals surface area contributed by atoms with Gasteiger partial charge in [-0.3, -0.25) is 5.32 Å². The smallest absolute Gasteiger partial charge is 0.434 e. The van der Waals surface area contributed by atoms with Crippen molar-refractivity contribution >= 4 is 11.7 Å². The molecule has 27 heavy (non-hydrogen) atoms. The molecule has 0 saturated heterocycles. The number of carbonyl (C=O) groups excluding carboxylic acids is 1. The molecule has 1 heterocycles. The molecule has 0 amide bonds. The Hall–Kier alpha value is -1.89. The average Bonchev–Trinajstić information content (AvgIpc) is 2.89. The van der Waals surface area contributed by atoms with Crippen LogP contribution in [0.4, 0.5) is 4.79 Å². The van der Waals surface area contributed by atoms with Crippen LogP contribution in [0.3, 0.4) is 0 Å². The first kappa shape index (κ1) is 19.9. The largest absolute Gasteiger partial charge is 0.513 e. The van der Waals surface area contributed by atoms with Crippen molar-refractivity contribution in [2.75, 3.05) is 13.7 Å². The maximum atomic E-state index is 12.2. The summed E-state index contributed by atoms with van der Waals surface area (Å²) in [6.07, 6.45) is 1.62. The zero-order valence-electron chi connectivity index (χ0n) is 16.5. The minimum Gasteiger partial charge on any atom is -0.434 e. The van der Waals surface area contributed by atoms with E-state index in [0.717, 1.165) is 29.5 Å². The van der Waals surface area contributed by atoms with E-state index < -0.39 is 17.9 Å². The van der Waals surface area contributed by atoms with Gasteiger partial charge in [-0.2, -0.15) is 0 Å². The van der Waals surface area contributed by atoms with Gasteiger partial charge in [-0.1, -0.05) is 23.8 Å². The summed E-state index contributed by atoms with van der Waals surface area (Å²) in [5, 5.41) is 14.2. The Kier molecular flexibility index (Phi) is 5.89. The molecule has 0 aromatic heterocycles. The second-order valence-corrected chi connectivity index (χ2v) is 7.41. The Morgan fingerprint density at radius 1 is 1.30 bits per heavy atom. The number of aliphatic hydroxyl groups is 1. The minimum atomic E-state index is -0.908. The van der Waals surface area contributed by atoms with Crippen molar-refractivity contribution in [3.63, 3.8) is 0 Å². The molecule has 1 fully saturated rings. The summed E-state index contributed by atoms with van der Waals surface area (Å²) in [5.41, 5.74) is 3.02. The van der Waals surface area contributed by atoms with Crippen LogP contribution < -0.4 is 5.32 Å². The summed E-state index contributed by atoms with van der Waals surface area (Å²) < 4.78 is 16.2. The molecule has 0 bridgehead atoms. The Morgan fingerprint density at radius 2 is 2.00 bits per heavy atom. The highest BCUT2D eigenvalue weighted by atomic mass is 16.7. The predicted octanol–water partition coefficient (Wildman–Crippen LogP) is 3.44. The molecule has 1 saturated carbocycles. The lowest BCUT2D eigenvalue weighted by atomic mass is 9.79. The van der Waals surface area contributed by atoms with Crippen molar-refractivity contribution in [1.29, 1.82) is 0 Å². The van der Waals surface area contributed by atoms with Crippen molar-refractivity contribution < 1.29 is 24.1 Å². The van der Waals surface area contributed by atoms with Crippen LogP contribution in [0, 0.1) is 13.8 Å². The lowest BCUT2D eigenvalue weighted by Crippen LogP contribution is -2.50. The van der Waals surface area contributed by atoms with E-state index in [4.69, 9.17) is 14.2 Å². The fourth-order valence-corrected chi connectivity index (χ4v) is 4.15. The highest BCUT2D eigenvalue weighted by Crippen LogP contribution is 2.45. The zero-order valence-corrected chi connectivity index (χ0v) is 16.5. The van der Waals surface area contributed by atoms with E-state index >= 15 is 0 Å². The normalized spacial score (nSPS) is 27.9. The van der Waals surface area contributed by atoms with Gasteiger partial charge in [0, 0.05) is 12.7 Å². The number of aryl methyl sites for hydroxylation is 2. The first-order chi connectivity index (χ1) is 12.9. The quantitative estimate of drug-likeness (QED) is 0.785. The fraction of sp³-hybridized carbons (Fsp3) is 0.571. The molecule has 2 aliphatic rings. The van der Waals surface area contributed by atoms with Gasteiger partial charge in [0.05, 0.1) is 18.2 Å². The van der Waals surface area contributed by atoms with E-state index in [2.05, 4.69) is 5.32 Å². The van der Waals surface area contributed by atoms with Crippen molar-refractivity contribution in [3.05, 3.63) is 40.6 Å². The maximum absolute atomic E-state index is 12.2. The SMILES string of the molecule is CCOC(=O)OC1=C(c2cc(C)ccc2C)C(O)NC12CCC(OC)CC2. The molecule has 3 rings (SSSR count). The highest BCUT2D eigenvalue weighted by molar-refractivity contribution is 5.79. The Labute approximate surface area is 160 Å². The van der Waals surface area contributed by atoms with E-state index in [1.165, 1.54) is 0 Å². The molecule has 1 spiro atoms. The number of ether oxygens (including phenoxy) is 3. The monoisotopic (exact) mass is 375 g/mol.